The molecule has 0 radical (unpaired) electrons. The molecule has 2 saturated heterocycles. The third-order valence-electron chi connectivity index (χ3n) is 6.55. The standard InChI is InChI=1S/C25H33N3O/c1-21(22-8-4-2-5-9-22)20-26-14-12-23(13-15-26)25(29)28-18-16-27(17-19-28)24-10-6-3-7-11-24/h2-11,21,23H,12-20H2,1H3. The van der Waals surface area contributed by atoms with Gasteiger partial charge in [0.05, 0.1) is 0 Å². The van der Waals surface area contributed by atoms with Crippen molar-refractivity contribution in [1.29, 1.82) is 0 Å². The number of piperidine rings is 1. The fraction of sp³-hybridized carbons (Fsp3) is 0.480. The zero-order valence-electron chi connectivity index (χ0n) is 17.5. The Morgan fingerprint density at radius 2 is 1.45 bits per heavy atom. The predicted molar refractivity (Wildman–Crippen MR) is 119 cm³/mol. The maximum absolute atomic E-state index is 13.0. The van der Waals surface area contributed by atoms with Gasteiger partial charge in [0.2, 0.25) is 5.91 Å². The van der Waals surface area contributed by atoms with E-state index in [2.05, 4.69) is 82.3 Å². The number of hydrogen-bond acceptors (Lipinski definition) is 3. The lowest BCUT2D eigenvalue weighted by Crippen LogP contribution is -2.51. The van der Waals surface area contributed by atoms with Crippen LogP contribution in [0.3, 0.4) is 0 Å². The molecular weight excluding hydrogens is 358 g/mol. The molecular formula is C25H33N3O. The fourth-order valence-corrected chi connectivity index (χ4v) is 4.72. The molecule has 2 aromatic rings. The van der Waals surface area contributed by atoms with E-state index >= 15 is 0 Å². The van der Waals surface area contributed by atoms with E-state index in [9.17, 15) is 4.79 Å². The first kappa shape index (κ1) is 20.0. The van der Waals surface area contributed by atoms with Crippen LogP contribution in [0.15, 0.2) is 60.7 Å². The summed E-state index contributed by atoms with van der Waals surface area (Å²) in [5, 5.41) is 0. The lowest BCUT2D eigenvalue weighted by molar-refractivity contribution is -0.137. The fourth-order valence-electron chi connectivity index (χ4n) is 4.72. The minimum atomic E-state index is 0.210. The van der Waals surface area contributed by atoms with E-state index < -0.39 is 0 Å². The number of carbonyl (C=O) groups excluding carboxylic acids is 1. The molecule has 4 rings (SSSR count). The van der Waals surface area contributed by atoms with Gasteiger partial charge in [-0.2, -0.15) is 0 Å². The summed E-state index contributed by atoms with van der Waals surface area (Å²) in [7, 11) is 0. The summed E-state index contributed by atoms with van der Waals surface area (Å²) in [5.74, 6) is 1.13. The molecule has 0 aromatic heterocycles. The Kier molecular flexibility index (Phi) is 6.50. The number of benzene rings is 2. The molecule has 0 saturated carbocycles. The molecule has 0 bridgehead atoms. The van der Waals surface area contributed by atoms with Crippen LogP contribution in [-0.2, 0) is 4.79 Å². The molecule has 2 fully saturated rings. The second kappa shape index (κ2) is 9.45. The van der Waals surface area contributed by atoms with Gasteiger partial charge >= 0.3 is 0 Å². The molecule has 2 aliphatic heterocycles. The van der Waals surface area contributed by atoms with Crippen LogP contribution < -0.4 is 4.90 Å². The van der Waals surface area contributed by atoms with Gasteiger partial charge < -0.3 is 14.7 Å². The van der Waals surface area contributed by atoms with E-state index in [1.807, 2.05) is 0 Å². The molecule has 4 nitrogen and oxygen atoms in total. The van der Waals surface area contributed by atoms with Crippen molar-refractivity contribution in [1.82, 2.24) is 9.80 Å². The summed E-state index contributed by atoms with van der Waals surface area (Å²) in [6.07, 6.45) is 2.00. The average Bonchev–Trinajstić information content (AvgIpc) is 2.80. The van der Waals surface area contributed by atoms with Gasteiger partial charge in [-0.1, -0.05) is 55.5 Å². The smallest absolute Gasteiger partial charge is 0.225 e. The molecule has 154 valence electrons. The number of anilines is 1. The zero-order chi connectivity index (χ0) is 20.1. The van der Waals surface area contributed by atoms with Crippen LogP contribution in [0.2, 0.25) is 0 Å². The third-order valence-corrected chi connectivity index (χ3v) is 6.55. The van der Waals surface area contributed by atoms with Crippen LogP contribution in [0.1, 0.15) is 31.2 Å². The van der Waals surface area contributed by atoms with Gasteiger partial charge in [-0.05, 0) is 49.5 Å². The van der Waals surface area contributed by atoms with Crippen molar-refractivity contribution >= 4 is 11.6 Å². The molecule has 2 aromatic carbocycles. The third kappa shape index (κ3) is 4.99. The van der Waals surface area contributed by atoms with Crippen molar-refractivity contribution in [2.45, 2.75) is 25.7 Å². The first-order chi connectivity index (χ1) is 14.2. The molecule has 2 aliphatic rings. The summed E-state index contributed by atoms with van der Waals surface area (Å²) in [5.41, 5.74) is 2.67. The minimum absolute atomic E-state index is 0.210. The van der Waals surface area contributed by atoms with E-state index in [0.717, 1.165) is 58.7 Å². The van der Waals surface area contributed by atoms with E-state index in [1.54, 1.807) is 0 Å². The van der Waals surface area contributed by atoms with Crippen LogP contribution in [0.5, 0.6) is 0 Å². The summed E-state index contributed by atoms with van der Waals surface area (Å²) in [6, 6.07) is 21.3. The van der Waals surface area contributed by atoms with Gasteiger partial charge in [0, 0.05) is 44.3 Å². The highest BCUT2D eigenvalue weighted by atomic mass is 16.2. The first-order valence-corrected chi connectivity index (χ1v) is 11.1. The lowest BCUT2D eigenvalue weighted by Gasteiger charge is -2.39. The summed E-state index contributed by atoms with van der Waals surface area (Å²) < 4.78 is 0. The van der Waals surface area contributed by atoms with Crippen LogP contribution in [0, 0.1) is 5.92 Å². The monoisotopic (exact) mass is 391 g/mol. The Morgan fingerprint density at radius 3 is 2.07 bits per heavy atom. The van der Waals surface area contributed by atoms with Gasteiger partial charge in [0.1, 0.15) is 0 Å². The SMILES string of the molecule is CC(CN1CCC(C(=O)N2CCN(c3ccccc3)CC2)CC1)c1ccccc1. The van der Waals surface area contributed by atoms with Crippen LogP contribution in [-0.4, -0.2) is 61.5 Å². The van der Waals surface area contributed by atoms with E-state index in [4.69, 9.17) is 0 Å². The highest BCUT2D eigenvalue weighted by molar-refractivity contribution is 5.79. The number of nitrogens with zero attached hydrogens (tertiary/aromatic N) is 3. The van der Waals surface area contributed by atoms with E-state index in [0.29, 0.717) is 11.8 Å². The second-order valence-electron chi connectivity index (χ2n) is 8.53. The highest BCUT2D eigenvalue weighted by Crippen LogP contribution is 2.24. The maximum Gasteiger partial charge on any atom is 0.225 e. The molecule has 0 spiro atoms. The van der Waals surface area contributed by atoms with Crippen molar-refractivity contribution in [3.05, 3.63) is 66.2 Å². The quantitative estimate of drug-likeness (QED) is 0.775. The minimum Gasteiger partial charge on any atom is -0.368 e. The number of hydrogen-bond donors (Lipinski definition) is 0. The summed E-state index contributed by atoms with van der Waals surface area (Å²) in [4.78, 5) is 20.1. The molecule has 0 N–H and O–H groups in total. The molecule has 1 atom stereocenters. The van der Waals surface area contributed by atoms with Crippen LogP contribution in [0.4, 0.5) is 5.69 Å². The number of carbonyl (C=O) groups is 1. The van der Waals surface area contributed by atoms with Crippen molar-refractivity contribution in [2.75, 3.05) is 50.7 Å². The number of piperazine rings is 1. The number of likely N-dealkylation sites (tertiary alicyclic amines) is 1. The lowest BCUT2D eigenvalue weighted by atomic mass is 9.93. The largest absolute Gasteiger partial charge is 0.368 e. The summed E-state index contributed by atoms with van der Waals surface area (Å²) in [6.45, 7) is 9.03. The number of rotatable bonds is 5. The van der Waals surface area contributed by atoms with Gasteiger partial charge in [-0.25, -0.2) is 0 Å². The molecule has 29 heavy (non-hydrogen) atoms. The first-order valence-electron chi connectivity index (χ1n) is 11.1. The van der Waals surface area contributed by atoms with Gasteiger partial charge in [0.15, 0.2) is 0 Å². The Balaban J connectivity index is 1.22. The predicted octanol–water partition coefficient (Wildman–Crippen LogP) is 3.85. The maximum atomic E-state index is 13.0. The Labute approximate surface area is 175 Å². The van der Waals surface area contributed by atoms with Crippen molar-refractivity contribution in [3.63, 3.8) is 0 Å². The van der Waals surface area contributed by atoms with Crippen molar-refractivity contribution < 1.29 is 4.79 Å². The summed E-state index contributed by atoms with van der Waals surface area (Å²) >= 11 is 0. The van der Waals surface area contributed by atoms with E-state index in [-0.39, 0.29) is 5.92 Å². The van der Waals surface area contributed by atoms with Crippen molar-refractivity contribution in [3.8, 4) is 0 Å². The Hall–Kier alpha value is -2.33. The Morgan fingerprint density at radius 1 is 0.862 bits per heavy atom. The topological polar surface area (TPSA) is 26.8 Å². The molecule has 1 unspecified atom stereocenters. The second-order valence-corrected chi connectivity index (χ2v) is 8.53. The highest BCUT2D eigenvalue weighted by Gasteiger charge is 2.30. The molecule has 4 heteroatoms. The van der Waals surface area contributed by atoms with Crippen LogP contribution in [0.25, 0.3) is 0 Å². The molecule has 2 heterocycles. The Bertz CT molecular complexity index is 763. The number of amides is 1. The zero-order valence-corrected chi connectivity index (χ0v) is 17.5. The molecule has 1 amide bonds. The molecule has 0 aliphatic carbocycles. The average molecular weight is 392 g/mol. The van der Waals surface area contributed by atoms with Gasteiger partial charge in [-0.3, -0.25) is 4.79 Å². The van der Waals surface area contributed by atoms with Crippen molar-refractivity contribution in [2.24, 2.45) is 5.92 Å². The number of para-hydroxylation sites is 1. The normalized spacial score (nSPS) is 19.9. The van der Waals surface area contributed by atoms with E-state index in [1.165, 1.54) is 11.3 Å². The van der Waals surface area contributed by atoms with Crippen LogP contribution >= 0.6 is 0 Å². The van der Waals surface area contributed by atoms with Gasteiger partial charge in [0.25, 0.3) is 0 Å². The van der Waals surface area contributed by atoms with Gasteiger partial charge in [-0.15, -0.1) is 0 Å².